The zero-order valence-electron chi connectivity index (χ0n) is 12.7. The van der Waals surface area contributed by atoms with E-state index in [-0.39, 0.29) is 19.8 Å². The number of hydrogen-bond acceptors (Lipinski definition) is 6. The van der Waals surface area contributed by atoms with Crippen LogP contribution in [0.15, 0.2) is 53.1 Å². The number of aromatic nitrogens is 2. The monoisotopic (exact) mass is 346 g/mol. The third-order valence-corrected chi connectivity index (χ3v) is 3.33. The van der Waals surface area contributed by atoms with Crippen LogP contribution >= 0.6 is 11.6 Å². The van der Waals surface area contributed by atoms with Crippen molar-refractivity contribution in [3.63, 3.8) is 0 Å². The maximum absolute atomic E-state index is 8.85. The van der Waals surface area contributed by atoms with Crippen molar-refractivity contribution in [3.05, 3.63) is 59.4 Å². The van der Waals surface area contributed by atoms with Gasteiger partial charge in [-0.25, -0.2) is 0 Å². The van der Waals surface area contributed by atoms with Gasteiger partial charge in [0.2, 0.25) is 5.82 Å². The fourth-order valence-electron chi connectivity index (χ4n) is 2.04. The SMILES string of the molecule is OCCOc1ccccc1OCc1noc(-c2cccc(Cl)c2)n1. The Labute approximate surface area is 143 Å². The van der Waals surface area contributed by atoms with Crippen molar-refractivity contribution in [2.75, 3.05) is 13.2 Å². The molecule has 1 N–H and O–H groups in total. The highest BCUT2D eigenvalue weighted by molar-refractivity contribution is 6.30. The largest absolute Gasteiger partial charge is 0.487 e. The molecule has 0 aliphatic heterocycles. The number of para-hydroxylation sites is 2. The Hall–Kier alpha value is -2.57. The van der Waals surface area contributed by atoms with Gasteiger partial charge in [-0.15, -0.1) is 0 Å². The van der Waals surface area contributed by atoms with Gasteiger partial charge in [0.1, 0.15) is 6.61 Å². The molecule has 2 aromatic carbocycles. The molecule has 0 amide bonds. The van der Waals surface area contributed by atoms with Crippen molar-refractivity contribution >= 4 is 11.6 Å². The van der Waals surface area contributed by atoms with Crippen molar-refractivity contribution in [1.29, 1.82) is 0 Å². The van der Waals surface area contributed by atoms with Crippen molar-refractivity contribution in [2.24, 2.45) is 0 Å². The predicted molar refractivity (Wildman–Crippen MR) is 88.1 cm³/mol. The lowest BCUT2D eigenvalue weighted by molar-refractivity contribution is 0.191. The van der Waals surface area contributed by atoms with E-state index in [9.17, 15) is 0 Å². The molecule has 1 aromatic heterocycles. The van der Waals surface area contributed by atoms with E-state index in [2.05, 4.69) is 10.1 Å². The van der Waals surface area contributed by atoms with Crippen LogP contribution in [0.1, 0.15) is 5.82 Å². The Kier molecular flexibility index (Phi) is 5.30. The first-order chi connectivity index (χ1) is 11.8. The molecule has 124 valence electrons. The molecule has 0 saturated heterocycles. The van der Waals surface area contributed by atoms with Gasteiger partial charge in [0.15, 0.2) is 18.1 Å². The fraction of sp³-hybridized carbons (Fsp3) is 0.176. The number of halogens is 1. The first-order valence-electron chi connectivity index (χ1n) is 7.30. The van der Waals surface area contributed by atoms with E-state index in [4.69, 9.17) is 30.7 Å². The normalized spacial score (nSPS) is 10.6. The molecule has 0 spiro atoms. The fourth-order valence-corrected chi connectivity index (χ4v) is 2.23. The first kappa shape index (κ1) is 16.3. The topological polar surface area (TPSA) is 77.6 Å². The number of hydrogen-bond donors (Lipinski definition) is 1. The number of ether oxygens (including phenoxy) is 2. The van der Waals surface area contributed by atoms with Gasteiger partial charge >= 0.3 is 0 Å². The molecule has 0 radical (unpaired) electrons. The number of nitrogens with zero attached hydrogens (tertiary/aromatic N) is 2. The quantitative estimate of drug-likeness (QED) is 0.707. The second kappa shape index (κ2) is 7.81. The summed E-state index contributed by atoms with van der Waals surface area (Å²) in [4.78, 5) is 4.29. The lowest BCUT2D eigenvalue weighted by atomic mass is 10.2. The van der Waals surface area contributed by atoms with E-state index in [1.807, 2.05) is 24.3 Å². The average molecular weight is 347 g/mol. The van der Waals surface area contributed by atoms with Gasteiger partial charge in [0.05, 0.1) is 6.61 Å². The molecule has 0 unspecified atom stereocenters. The Morgan fingerprint density at radius 1 is 1.04 bits per heavy atom. The summed E-state index contributed by atoms with van der Waals surface area (Å²) in [5, 5.41) is 13.3. The van der Waals surface area contributed by atoms with Crippen molar-refractivity contribution < 1.29 is 19.1 Å². The maximum Gasteiger partial charge on any atom is 0.258 e. The molecule has 0 fully saturated rings. The first-order valence-corrected chi connectivity index (χ1v) is 7.68. The minimum absolute atomic E-state index is 0.0673. The number of aliphatic hydroxyl groups excluding tert-OH is 1. The Morgan fingerprint density at radius 2 is 1.83 bits per heavy atom. The van der Waals surface area contributed by atoms with Gasteiger partial charge in [0, 0.05) is 10.6 Å². The highest BCUT2D eigenvalue weighted by Crippen LogP contribution is 2.27. The second-order valence-electron chi connectivity index (χ2n) is 4.83. The summed E-state index contributed by atoms with van der Waals surface area (Å²) in [5.41, 5.74) is 0.743. The van der Waals surface area contributed by atoms with Gasteiger partial charge in [-0.05, 0) is 30.3 Å². The molecule has 1 heterocycles. The van der Waals surface area contributed by atoms with Crippen LogP contribution in [0.4, 0.5) is 0 Å². The van der Waals surface area contributed by atoms with E-state index in [1.165, 1.54) is 0 Å². The van der Waals surface area contributed by atoms with E-state index < -0.39 is 0 Å². The van der Waals surface area contributed by atoms with Gasteiger partial charge < -0.3 is 19.1 Å². The molecule has 3 rings (SSSR count). The molecule has 0 atom stereocenters. The van der Waals surface area contributed by atoms with E-state index in [0.717, 1.165) is 5.56 Å². The average Bonchev–Trinajstić information content (AvgIpc) is 3.08. The minimum atomic E-state index is -0.0673. The van der Waals surface area contributed by atoms with Crippen LogP contribution in [0.5, 0.6) is 11.5 Å². The van der Waals surface area contributed by atoms with Crippen LogP contribution in [0.25, 0.3) is 11.5 Å². The van der Waals surface area contributed by atoms with Gasteiger partial charge in [0.25, 0.3) is 5.89 Å². The number of aliphatic hydroxyl groups is 1. The summed E-state index contributed by atoms with van der Waals surface area (Å²) in [7, 11) is 0. The van der Waals surface area contributed by atoms with E-state index >= 15 is 0 Å². The van der Waals surface area contributed by atoms with Crippen LogP contribution in [0.3, 0.4) is 0 Å². The summed E-state index contributed by atoms with van der Waals surface area (Å²) in [6.07, 6.45) is 0. The zero-order valence-corrected chi connectivity index (χ0v) is 13.4. The number of rotatable bonds is 7. The van der Waals surface area contributed by atoms with Crippen molar-refractivity contribution in [1.82, 2.24) is 10.1 Å². The van der Waals surface area contributed by atoms with Crippen molar-refractivity contribution in [2.45, 2.75) is 6.61 Å². The summed E-state index contributed by atoms with van der Waals surface area (Å²) in [6, 6.07) is 14.4. The highest BCUT2D eigenvalue weighted by Gasteiger charge is 2.11. The summed E-state index contributed by atoms with van der Waals surface area (Å²) >= 11 is 5.96. The Morgan fingerprint density at radius 3 is 2.58 bits per heavy atom. The third-order valence-electron chi connectivity index (χ3n) is 3.09. The molecule has 24 heavy (non-hydrogen) atoms. The second-order valence-corrected chi connectivity index (χ2v) is 5.27. The van der Waals surface area contributed by atoms with Gasteiger partial charge in [-0.2, -0.15) is 4.98 Å². The highest BCUT2D eigenvalue weighted by atomic mass is 35.5. The molecule has 0 aliphatic rings. The third kappa shape index (κ3) is 4.04. The number of benzene rings is 2. The molecule has 0 bridgehead atoms. The van der Waals surface area contributed by atoms with Crippen LogP contribution in [0.2, 0.25) is 5.02 Å². The lowest BCUT2D eigenvalue weighted by Crippen LogP contribution is -2.04. The zero-order chi connectivity index (χ0) is 16.8. The standard InChI is InChI=1S/C17H15ClN2O4/c18-13-5-3-4-12(10-13)17-19-16(20-24-17)11-23-15-7-2-1-6-14(15)22-9-8-21/h1-7,10,21H,8-9,11H2. The molecule has 3 aromatic rings. The molecule has 0 saturated carbocycles. The van der Waals surface area contributed by atoms with Crippen LogP contribution in [-0.4, -0.2) is 28.5 Å². The minimum Gasteiger partial charge on any atom is -0.487 e. The summed E-state index contributed by atoms with van der Waals surface area (Å²) in [5.74, 6) is 1.87. The maximum atomic E-state index is 8.85. The lowest BCUT2D eigenvalue weighted by Gasteiger charge is -2.10. The molecule has 0 aliphatic carbocycles. The molecular weight excluding hydrogens is 332 g/mol. The van der Waals surface area contributed by atoms with Gasteiger partial charge in [-0.1, -0.05) is 35.0 Å². The molecule has 6 nitrogen and oxygen atoms in total. The molecular formula is C17H15ClN2O4. The van der Waals surface area contributed by atoms with E-state index in [0.29, 0.717) is 28.2 Å². The van der Waals surface area contributed by atoms with E-state index in [1.54, 1.807) is 24.3 Å². The predicted octanol–water partition coefficient (Wildman–Crippen LogP) is 3.34. The van der Waals surface area contributed by atoms with Crippen molar-refractivity contribution in [3.8, 4) is 23.0 Å². The Balaban J connectivity index is 1.68. The van der Waals surface area contributed by atoms with Crippen LogP contribution in [-0.2, 0) is 6.61 Å². The van der Waals surface area contributed by atoms with Crippen LogP contribution in [0, 0.1) is 0 Å². The summed E-state index contributed by atoms with van der Waals surface area (Å²) < 4.78 is 16.3. The van der Waals surface area contributed by atoms with Gasteiger partial charge in [-0.3, -0.25) is 0 Å². The van der Waals surface area contributed by atoms with Crippen LogP contribution < -0.4 is 9.47 Å². The summed E-state index contributed by atoms with van der Waals surface area (Å²) in [6.45, 7) is 0.257. The Bertz CT molecular complexity index is 807. The molecule has 7 heteroatoms. The smallest absolute Gasteiger partial charge is 0.258 e.